The number of nitro groups is 1. The lowest BCUT2D eigenvalue weighted by atomic mass is 9.95. The summed E-state index contributed by atoms with van der Waals surface area (Å²) < 4.78 is 39.5. The lowest BCUT2D eigenvalue weighted by Crippen LogP contribution is -2.40. The van der Waals surface area contributed by atoms with Crippen LogP contribution in [0.2, 0.25) is 0 Å². The number of benzene rings is 2. The van der Waals surface area contributed by atoms with Gasteiger partial charge in [0, 0.05) is 37.3 Å². The van der Waals surface area contributed by atoms with Gasteiger partial charge in [-0.3, -0.25) is 14.9 Å². The Morgan fingerprint density at radius 2 is 1.79 bits per heavy atom. The normalized spacial score (nSPS) is 15.2. The van der Waals surface area contributed by atoms with Crippen molar-refractivity contribution in [2.45, 2.75) is 25.6 Å². The zero-order valence-electron chi connectivity index (χ0n) is 15.5. The van der Waals surface area contributed by atoms with Gasteiger partial charge in [-0.05, 0) is 30.5 Å². The van der Waals surface area contributed by atoms with Gasteiger partial charge in [-0.25, -0.2) is 0 Å². The SMILES string of the molecule is O=C(NCc1ccccc1)C1CCN(c2ccc([N+](=O)[O-])c(C(F)(F)F)c2)CC1. The molecule has 0 saturated carbocycles. The van der Waals surface area contributed by atoms with Crippen LogP contribution < -0.4 is 10.2 Å². The summed E-state index contributed by atoms with van der Waals surface area (Å²) >= 11 is 0. The first kappa shape index (κ1) is 20.6. The molecule has 0 aliphatic carbocycles. The molecule has 1 amide bonds. The molecule has 154 valence electrons. The number of carbonyl (C=O) groups is 1. The molecule has 1 fully saturated rings. The summed E-state index contributed by atoms with van der Waals surface area (Å²) in [7, 11) is 0. The van der Waals surface area contributed by atoms with Gasteiger partial charge in [-0.2, -0.15) is 13.2 Å². The van der Waals surface area contributed by atoms with Crippen molar-refractivity contribution in [3.8, 4) is 0 Å². The number of alkyl halides is 3. The van der Waals surface area contributed by atoms with Crippen LogP contribution in [0.5, 0.6) is 0 Å². The van der Waals surface area contributed by atoms with Crippen LogP contribution in [-0.2, 0) is 17.5 Å². The van der Waals surface area contributed by atoms with E-state index in [9.17, 15) is 28.1 Å². The fourth-order valence-electron chi connectivity index (χ4n) is 3.44. The van der Waals surface area contributed by atoms with E-state index in [1.54, 1.807) is 4.90 Å². The smallest absolute Gasteiger partial charge is 0.371 e. The highest BCUT2D eigenvalue weighted by Crippen LogP contribution is 2.38. The van der Waals surface area contributed by atoms with Crippen molar-refractivity contribution in [2.75, 3.05) is 18.0 Å². The Kier molecular flexibility index (Phi) is 6.05. The van der Waals surface area contributed by atoms with Gasteiger partial charge >= 0.3 is 6.18 Å². The number of rotatable bonds is 5. The van der Waals surface area contributed by atoms with Crippen LogP contribution in [0.4, 0.5) is 24.5 Å². The van der Waals surface area contributed by atoms with Crippen molar-refractivity contribution in [3.63, 3.8) is 0 Å². The quantitative estimate of drug-likeness (QED) is 0.597. The molecule has 1 N–H and O–H groups in total. The average molecular weight is 407 g/mol. The van der Waals surface area contributed by atoms with Gasteiger partial charge in [0.25, 0.3) is 5.69 Å². The first-order chi connectivity index (χ1) is 13.8. The molecule has 3 rings (SSSR count). The largest absolute Gasteiger partial charge is 0.423 e. The fourth-order valence-corrected chi connectivity index (χ4v) is 3.44. The van der Waals surface area contributed by atoms with Gasteiger partial charge < -0.3 is 10.2 Å². The summed E-state index contributed by atoms with van der Waals surface area (Å²) in [5.41, 5.74) is -0.964. The van der Waals surface area contributed by atoms with E-state index in [0.717, 1.165) is 17.7 Å². The average Bonchev–Trinajstić information content (AvgIpc) is 2.71. The number of piperidine rings is 1. The standard InChI is InChI=1S/C20H20F3N3O3/c21-20(22,23)17-12-16(6-7-18(17)26(28)29)25-10-8-15(9-11-25)19(27)24-13-14-4-2-1-3-5-14/h1-7,12,15H,8-11,13H2,(H,24,27). The number of nitrogens with zero attached hydrogens (tertiary/aromatic N) is 2. The van der Waals surface area contributed by atoms with Crippen LogP contribution in [0.1, 0.15) is 24.0 Å². The maximum absolute atomic E-state index is 13.2. The monoisotopic (exact) mass is 407 g/mol. The molecule has 2 aromatic rings. The van der Waals surface area contributed by atoms with Crippen LogP contribution in [0.15, 0.2) is 48.5 Å². The van der Waals surface area contributed by atoms with E-state index in [4.69, 9.17) is 0 Å². The van der Waals surface area contributed by atoms with Crippen molar-refractivity contribution in [1.29, 1.82) is 0 Å². The second-order valence-electron chi connectivity index (χ2n) is 6.92. The summed E-state index contributed by atoms with van der Waals surface area (Å²) in [6.45, 7) is 1.23. The van der Waals surface area contributed by atoms with Crippen LogP contribution in [0.3, 0.4) is 0 Å². The molecule has 0 radical (unpaired) electrons. The summed E-state index contributed by atoms with van der Waals surface area (Å²) in [6, 6.07) is 12.5. The number of halogens is 3. The number of hydrogen-bond donors (Lipinski definition) is 1. The van der Waals surface area contributed by atoms with E-state index < -0.39 is 22.4 Å². The van der Waals surface area contributed by atoms with E-state index in [0.29, 0.717) is 32.5 Å². The van der Waals surface area contributed by atoms with Crippen molar-refractivity contribution in [1.82, 2.24) is 5.32 Å². The molecule has 0 aromatic heterocycles. The molecule has 1 heterocycles. The summed E-state index contributed by atoms with van der Waals surface area (Å²) in [5, 5.41) is 13.8. The van der Waals surface area contributed by atoms with Crippen LogP contribution in [0.25, 0.3) is 0 Å². The third-order valence-electron chi connectivity index (χ3n) is 5.02. The van der Waals surface area contributed by atoms with Gasteiger partial charge in [0.2, 0.25) is 5.91 Å². The topological polar surface area (TPSA) is 75.5 Å². The predicted octanol–water partition coefficient (Wildman–Crippen LogP) is 4.15. The Morgan fingerprint density at radius 1 is 1.14 bits per heavy atom. The van der Waals surface area contributed by atoms with Crippen LogP contribution in [-0.4, -0.2) is 23.9 Å². The third-order valence-corrected chi connectivity index (χ3v) is 5.02. The van der Waals surface area contributed by atoms with E-state index in [1.165, 1.54) is 6.07 Å². The lowest BCUT2D eigenvalue weighted by Gasteiger charge is -2.33. The highest BCUT2D eigenvalue weighted by Gasteiger charge is 2.39. The second-order valence-corrected chi connectivity index (χ2v) is 6.92. The Hall–Kier alpha value is -3.10. The zero-order valence-corrected chi connectivity index (χ0v) is 15.5. The van der Waals surface area contributed by atoms with Gasteiger partial charge in [-0.1, -0.05) is 30.3 Å². The van der Waals surface area contributed by atoms with Crippen molar-refractivity contribution in [3.05, 3.63) is 69.8 Å². The van der Waals surface area contributed by atoms with Gasteiger partial charge in [0.15, 0.2) is 0 Å². The van der Waals surface area contributed by atoms with Crippen LogP contribution in [0, 0.1) is 16.0 Å². The molecule has 9 heteroatoms. The Bertz CT molecular complexity index is 880. The summed E-state index contributed by atoms with van der Waals surface area (Å²) in [6.07, 6.45) is -3.81. The fraction of sp³-hybridized carbons (Fsp3) is 0.350. The maximum atomic E-state index is 13.2. The van der Waals surface area contributed by atoms with Gasteiger partial charge in [0.05, 0.1) is 4.92 Å². The molecule has 0 unspecified atom stereocenters. The Labute approximate surface area is 165 Å². The molecule has 0 spiro atoms. The van der Waals surface area contributed by atoms with Crippen molar-refractivity contribution >= 4 is 17.3 Å². The minimum Gasteiger partial charge on any atom is -0.371 e. The molecule has 0 bridgehead atoms. The molecule has 1 aliphatic rings. The summed E-state index contributed by atoms with van der Waals surface area (Å²) in [4.78, 5) is 23.9. The first-order valence-corrected chi connectivity index (χ1v) is 9.18. The highest BCUT2D eigenvalue weighted by molar-refractivity contribution is 5.79. The number of hydrogen-bond acceptors (Lipinski definition) is 4. The molecule has 0 atom stereocenters. The van der Waals surface area contributed by atoms with E-state index >= 15 is 0 Å². The molecule has 6 nitrogen and oxygen atoms in total. The van der Waals surface area contributed by atoms with Gasteiger partial charge in [0.1, 0.15) is 5.56 Å². The molecular weight excluding hydrogens is 387 g/mol. The van der Waals surface area contributed by atoms with Crippen molar-refractivity contribution < 1.29 is 22.9 Å². The minimum absolute atomic E-state index is 0.0758. The zero-order chi connectivity index (χ0) is 21.0. The number of carbonyl (C=O) groups excluding carboxylic acids is 1. The number of anilines is 1. The molecular formula is C20H20F3N3O3. The number of nitrogens with one attached hydrogen (secondary N) is 1. The van der Waals surface area contributed by atoms with Crippen LogP contribution >= 0.6 is 0 Å². The Morgan fingerprint density at radius 3 is 2.38 bits per heavy atom. The highest BCUT2D eigenvalue weighted by atomic mass is 19.4. The lowest BCUT2D eigenvalue weighted by molar-refractivity contribution is -0.388. The first-order valence-electron chi connectivity index (χ1n) is 9.18. The predicted molar refractivity (Wildman–Crippen MR) is 101 cm³/mol. The second kappa shape index (κ2) is 8.50. The van der Waals surface area contributed by atoms with E-state index in [2.05, 4.69) is 5.32 Å². The number of amides is 1. The summed E-state index contributed by atoms with van der Waals surface area (Å²) in [5.74, 6) is -0.289. The van der Waals surface area contributed by atoms with E-state index in [1.807, 2.05) is 30.3 Å². The van der Waals surface area contributed by atoms with Crippen molar-refractivity contribution in [2.24, 2.45) is 5.92 Å². The Balaban J connectivity index is 1.61. The number of nitro benzene ring substituents is 1. The molecule has 1 aliphatic heterocycles. The van der Waals surface area contributed by atoms with E-state index in [-0.39, 0.29) is 17.5 Å². The third kappa shape index (κ3) is 5.04. The minimum atomic E-state index is -4.81. The molecule has 2 aromatic carbocycles. The maximum Gasteiger partial charge on any atom is 0.423 e. The molecule has 1 saturated heterocycles. The molecule has 29 heavy (non-hydrogen) atoms. The van der Waals surface area contributed by atoms with Gasteiger partial charge in [-0.15, -0.1) is 0 Å².